The summed E-state index contributed by atoms with van der Waals surface area (Å²) in [4.78, 5) is 25.6. The van der Waals surface area contributed by atoms with E-state index in [2.05, 4.69) is 20.3 Å². The van der Waals surface area contributed by atoms with Crippen LogP contribution in [0.1, 0.15) is 39.9 Å². The van der Waals surface area contributed by atoms with Gasteiger partial charge in [0.2, 0.25) is 0 Å². The third kappa shape index (κ3) is 5.40. The van der Waals surface area contributed by atoms with Crippen LogP contribution >= 0.6 is 11.3 Å². The largest absolute Gasteiger partial charge is 0.477 e. The Kier molecular flexibility index (Phi) is 7.18. The molecule has 206 valence electrons. The van der Waals surface area contributed by atoms with Crippen molar-refractivity contribution in [2.45, 2.75) is 31.2 Å². The minimum absolute atomic E-state index is 0.0476. The van der Waals surface area contributed by atoms with Crippen LogP contribution in [-0.4, -0.2) is 61.4 Å². The van der Waals surface area contributed by atoms with E-state index in [4.69, 9.17) is 5.73 Å². The van der Waals surface area contributed by atoms with Gasteiger partial charge >= 0.3 is 12.1 Å². The molecule has 5 heterocycles. The molecule has 0 amide bonds. The summed E-state index contributed by atoms with van der Waals surface area (Å²) in [5.74, 6) is -1.26. The number of alkyl halides is 3. The summed E-state index contributed by atoms with van der Waals surface area (Å²) in [7, 11) is 1.89. The summed E-state index contributed by atoms with van der Waals surface area (Å²) >= 11 is 0.638. The van der Waals surface area contributed by atoms with Gasteiger partial charge in [0.15, 0.2) is 0 Å². The fourth-order valence-electron chi connectivity index (χ4n) is 4.74. The molecule has 1 aliphatic heterocycles. The van der Waals surface area contributed by atoms with Gasteiger partial charge in [-0.2, -0.15) is 13.2 Å². The number of hydrogen-bond donors (Lipinski definition) is 4. The molecule has 5 N–H and O–H groups in total. The number of fused-ring (bicyclic) bond motifs is 1. The molecule has 0 saturated carbocycles. The van der Waals surface area contributed by atoms with Gasteiger partial charge < -0.3 is 30.7 Å². The monoisotopic (exact) mass is 561 g/mol. The highest BCUT2D eigenvalue weighted by Gasteiger charge is 2.37. The average molecular weight is 562 g/mol. The Hall–Kier alpha value is -3.75. The van der Waals surface area contributed by atoms with Gasteiger partial charge in [0.1, 0.15) is 21.6 Å². The zero-order valence-electron chi connectivity index (χ0n) is 20.8. The number of aliphatic hydroxyl groups excluding tert-OH is 1. The molecule has 0 spiro atoms. The number of anilines is 2. The van der Waals surface area contributed by atoms with E-state index in [1.54, 1.807) is 29.7 Å². The number of aryl methyl sites for hydroxylation is 1. The molecule has 1 saturated heterocycles. The number of piperidine rings is 1. The topological polar surface area (TPSA) is 142 Å². The van der Waals surface area contributed by atoms with Crippen LogP contribution in [0.2, 0.25) is 0 Å². The van der Waals surface area contributed by atoms with E-state index < -0.39 is 29.5 Å². The predicted molar refractivity (Wildman–Crippen MR) is 141 cm³/mol. The lowest BCUT2D eigenvalue weighted by Gasteiger charge is -2.34. The van der Waals surface area contributed by atoms with Crippen LogP contribution in [0.15, 0.2) is 36.9 Å². The zero-order chi connectivity index (χ0) is 27.9. The van der Waals surface area contributed by atoms with Gasteiger partial charge in [0.05, 0.1) is 35.2 Å². The number of aliphatic hydroxyl groups is 1. The third-order valence-corrected chi connectivity index (χ3v) is 7.93. The van der Waals surface area contributed by atoms with E-state index in [0.29, 0.717) is 43.0 Å². The lowest BCUT2D eigenvalue weighted by molar-refractivity contribution is -0.136. The fourth-order valence-corrected chi connectivity index (χ4v) is 5.69. The molecule has 0 aliphatic carbocycles. The zero-order valence-corrected chi connectivity index (χ0v) is 21.6. The standard InChI is InChI=1S/C25H26F3N7O3S/c1-34-12-30-10-17(34)13-2-3-16(32-9-13)18(36)11-31-14-4-6-35(7-5-14)19-8-15(25(26,27)28)20-21(29)22(24(37)38)39-23(20)33-19/h2-3,8-10,12,14,18,31,36H,4-7,11,29H2,1H3,(H,37,38). The number of nitrogens with zero attached hydrogens (tertiary/aromatic N) is 5. The van der Waals surface area contributed by atoms with Crippen molar-refractivity contribution in [3.05, 3.63) is 53.1 Å². The third-order valence-electron chi connectivity index (χ3n) is 6.84. The van der Waals surface area contributed by atoms with Crippen molar-refractivity contribution in [1.29, 1.82) is 0 Å². The van der Waals surface area contributed by atoms with Gasteiger partial charge in [0, 0.05) is 49.9 Å². The number of halogens is 3. The molecule has 4 aromatic rings. The first-order valence-electron chi connectivity index (χ1n) is 12.2. The van der Waals surface area contributed by atoms with Crippen molar-refractivity contribution in [3.63, 3.8) is 0 Å². The number of aromatic nitrogens is 4. The maximum atomic E-state index is 13.9. The summed E-state index contributed by atoms with van der Waals surface area (Å²) in [5.41, 5.74) is 6.67. The minimum atomic E-state index is -4.72. The Morgan fingerprint density at radius 2 is 2.03 bits per heavy atom. The molecule has 10 nitrogen and oxygen atoms in total. The van der Waals surface area contributed by atoms with E-state index in [-0.39, 0.29) is 33.5 Å². The first-order valence-corrected chi connectivity index (χ1v) is 13.0. The van der Waals surface area contributed by atoms with E-state index in [9.17, 15) is 28.2 Å². The predicted octanol–water partition coefficient (Wildman–Crippen LogP) is 3.68. The SMILES string of the molecule is Cn1cncc1-c1ccc(C(O)CNC2CCN(c3cc(C(F)(F)F)c4c(N)c(C(=O)O)sc4n3)CC2)nc1. The fraction of sp³-hybridized carbons (Fsp3) is 0.360. The summed E-state index contributed by atoms with van der Waals surface area (Å²) in [5, 5.41) is 22.9. The highest BCUT2D eigenvalue weighted by molar-refractivity contribution is 7.21. The Labute approximate surface area is 224 Å². The summed E-state index contributed by atoms with van der Waals surface area (Å²) in [6.45, 7) is 1.15. The van der Waals surface area contributed by atoms with Crippen molar-refractivity contribution in [3.8, 4) is 11.3 Å². The molecule has 39 heavy (non-hydrogen) atoms. The van der Waals surface area contributed by atoms with Gasteiger partial charge in [-0.1, -0.05) is 0 Å². The van der Waals surface area contributed by atoms with Crippen LogP contribution in [0.3, 0.4) is 0 Å². The number of nitrogen functional groups attached to an aromatic ring is 1. The van der Waals surface area contributed by atoms with Crippen molar-refractivity contribution in [1.82, 2.24) is 24.8 Å². The number of carboxylic acid groups (broad SMARTS) is 1. The normalized spacial score (nSPS) is 15.7. The molecule has 0 radical (unpaired) electrons. The van der Waals surface area contributed by atoms with Gasteiger partial charge in [-0.05, 0) is 31.0 Å². The number of carbonyl (C=O) groups is 1. The van der Waals surface area contributed by atoms with Crippen LogP contribution in [0.4, 0.5) is 24.7 Å². The van der Waals surface area contributed by atoms with Gasteiger partial charge in [0.25, 0.3) is 0 Å². The number of rotatable bonds is 7. The number of nitrogens with one attached hydrogen (secondary N) is 1. The van der Waals surface area contributed by atoms with Gasteiger partial charge in [-0.3, -0.25) is 4.98 Å². The van der Waals surface area contributed by atoms with Crippen LogP contribution in [0, 0.1) is 0 Å². The van der Waals surface area contributed by atoms with E-state index in [1.807, 2.05) is 17.7 Å². The first-order chi connectivity index (χ1) is 18.5. The number of carboxylic acids is 1. The molecule has 1 unspecified atom stereocenters. The molecule has 0 bridgehead atoms. The Balaban J connectivity index is 1.22. The number of aromatic carboxylic acids is 1. The summed E-state index contributed by atoms with van der Waals surface area (Å²) in [6.07, 6.45) is 0.816. The maximum Gasteiger partial charge on any atom is 0.417 e. The smallest absolute Gasteiger partial charge is 0.417 e. The average Bonchev–Trinajstić information content (AvgIpc) is 3.49. The molecule has 1 atom stereocenters. The number of pyridine rings is 2. The quantitative estimate of drug-likeness (QED) is 0.266. The van der Waals surface area contributed by atoms with Crippen molar-refractivity contribution in [2.75, 3.05) is 30.3 Å². The maximum absolute atomic E-state index is 13.9. The minimum Gasteiger partial charge on any atom is -0.477 e. The highest BCUT2D eigenvalue weighted by Crippen LogP contribution is 2.43. The lowest BCUT2D eigenvalue weighted by Crippen LogP contribution is -2.44. The highest BCUT2D eigenvalue weighted by atomic mass is 32.1. The van der Waals surface area contributed by atoms with E-state index in [0.717, 1.165) is 17.3 Å². The van der Waals surface area contributed by atoms with Crippen molar-refractivity contribution >= 4 is 39.0 Å². The molecule has 1 aliphatic rings. The second-order valence-corrected chi connectivity index (χ2v) is 10.4. The van der Waals surface area contributed by atoms with Gasteiger partial charge in [-0.15, -0.1) is 11.3 Å². The molecular formula is C25H26F3N7O3S. The van der Waals surface area contributed by atoms with Gasteiger partial charge in [-0.25, -0.2) is 14.8 Å². The second kappa shape index (κ2) is 10.4. The van der Waals surface area contributed by atoms with E-state index >= 15 is 0 Å². The molecule has 14 heteroatoms. The number of imidazole rings is 1. The lowest BCUT2D eigenvalue weighted by atomic mass is 10.0. The van der Waals surface area contributed by atoms with Crippen molar-refractivity contribution < 1.29 is 28.2 Å². The molecule has 4 aromatic heterocycles. The Bertz CT molecular complexity index is 1500. The Morgan fingerprint density at radius 1 is 1.28 bits per heavy atom. The summed E-state index contributed by atoms with van der Waals surface area (Å²) in [6, 6.07) is 4.63. The first kappa shape index (κ1) is 26.8. The molecule has 0 aromatic carbocycles. The molecular weight excluding hydrogens is 535 g/mol. The Morgan fingerprint density at radius 3 is 2.62 bits per heavy atom. The van der Waals surface area contributed by atoms with Crippen LogP contribution < -0.4 is 16.0 Å². The summed E-state index contributed by atoms with van der Waals surface area (Å²) < 4.78 is 43.4. The molecule has 1 fully saturated rings. The van der Waals surface area contributed by atoms with E-state index in [1.165, 1.54) is 0 Å². The van der Waals surface area contributed by atoms with Crippen LogP contribution in [-0.2, 0) is 13.2 Å². The number of hydrogen-bond acceptors (Lipinski definition) is 9. The van der Waals surface area contributed by atoms with Crippen LogP contribution in [0.25, 0.3) is 21.5 Å². The molecule has 5 rings (SSSR count). The second-order valence-electron chi connectivity index (χ2n) is 9.40. The van der Waals surface area contributed by atoms with Crippen molar-refractivity contribution in [2.24, 2.45) is 7.05 Å². The number of nitrogens with two attached hydrogens (primary N) is 1. The van der Waals surface area contributed by atoms with Crippen LogP contribution in [0.5, 0.6) is 0 Å². The number of thiophene rings is 1.